The molecule has 6 N–H and O–H groups in total. The Balaban J connectivity index is 1.90. The molecule has 10 nitrogen and oxygen atoms in total. The zero-order valence-corrected chi connectivity index (χ0v) is 18.6. The number of carbonyl (C=O) groups is 5. The number of aryl methyl sites for hydroxylation is 1. The van der Waals surface area contributed by atoms with Crippen LogP contribution in [0.25, 0.3) is 0 Å². The number of nitrogens with zero attached hydrogens (tertiary/aromatic N) is 1. The summed E-state index contributed by atoms with van der Waals surface area (Å²) < 4.78 is 0. The average molecular weight is 457 g/mol. The number of ketones is 4. The van der Waals surface area contributed by atoms with E-state index >= 15 is 0 Å². The minimum atomic E-state index is -2.72. The summed E-state index contributed by atoms with van der Waals surface area (Å²) in [5.41, 5.74) is 10.0. The summed E-state index contributed by atoms with van der Waals surface area (Å²) in [6, 6.07) is 0.572. The van der Waals surface area contributed by atoms with Crippen molar-refractivity contribution in [2.45, 2.75) is 38.0 Å². The summed E-state index contributed by atoms with van der Waals surface area (Å²) in [7, 11) is 3.09. The van der Waals surface area contributed by atoms with Crippen LogP contribution in [0.3, 0.4) is 0 Å². The number of hydrogen-bond donors (Lipinski definition) is 4. The highest BCUT2D eigenvalue weighted by Crippen LogP contribution is 2.51. The fourth-order valence-electron chi connectivity index (χ4n) is 6.08. The van der Waals surface area contributed by atoms with E-state index in [2.05, 4.69) is 0 Å². The molecule has 3 aliphatic carbocycles. The van der Waals surface area contributed by atoms with Crippen molar-refractivity contribution < 1.29 is 34.2 Å². The van der Waals surface area contributed by atoms with Crippen LogP contribution in [0, 0.1) is 30.6 Å². The summed E-state index contributed by atoms with van der Waals surface area (Å²) in [6.07, 6.45) is 0.231. The van der Waals surface area contributed by atoms with Crippen LogP contribution in [0.1, 0.15) is 33.5 Å². The number of phenolic OH excluding ortho intramolecular Hbond substituents is 1. The number of benzene rings is 1. The highest BCUT2D eigenvalue weighted by atomic mass is 16.3. The van der Waals surface area contributed by atoms with E-state index in [-0.39, 0.29) is 30.7 Å². The standard InChI is InChI=1S/C23H27N3O7/c1-8-4-10(7-24)11-5-9-6-12-16(26(2)3)19(29)15(22(25)32)21(31)23(12,33)20(30)13(9)18(28)14(11)17(8)27/h4,9,12-13,15-16,27,33H,5-7,24H2,1-3H3,(H2,25,32)/t9-,12-,13?,15?,16-,23-/m1/s1. The summed E-state index contributed by atoms with van der Waals surface area (Å²) in [5.74, 6) is -10.4. The fraction of sp³-hybridized carbons (Fsp3) is 0.522. The number of rotatable bonds is 3. The number of carbonyl (C=O) groups excluding carboxylic acids is 5. The molecular weight excluding hydrogens is 430 g/mol. The van der Waals surface area contributed by atoms with Gasteiger partial charge in [0.25, 0.3) is 0 Å². The first-order valence-corrected chi connectivity index (χ1v) is 10.8. The van der Waals surface area contributed by atoms with Gasteiger partial charge in [-0.15, -0.1) is 0 Å². The van der Waals surface area contributed by atoms with Crippen molar-refractivity contribution in [1.29, 1.82) is 0 Å². The fourth-order valence-corrected chi connectivity index (χ4v) is 6.08. The lowest BCUT2D eigenvalue weighted by Gasteiger charge is -2.52. The SMILES string of the molecule is Cc1cc(CN)c2c(c1O)C(=O)C1C(=O)[C@@]3(O)C(=O)C(C(N)=O)C(=O)[C@H](N(C)C)[C@H]3C[C@H]1C2. The van der Waals surface area contributed by atoms with Gasteiger partial charge in [0.15, 0.2) is 34.7 Å². The highest BCUT2D eigenvalue weighted by Gasteiger charge is 2.69. The van der Waals surface area contributed by atoms with Gasteiger partial charge in [0.1, 0.15) is 5.75 Å². The van der Waals surface area contributed by atoms with Gasteiger partial charge in [-0.2, -0.15) is 0 Å². The number of phenols is 1. The third-order valence-corrected chi connectivity index (χ3v) is 7.56. The van der Waals surface area contributed by atoms with E-state index in [4.69, 9.17) is 11.5 Å². The molecule has 1 aromatic carbocycles. The van der Waals surface area contributed by atoms with Crippen LogP contribution in [-0.2, 0) is 32.1 Å². The maximum atomic E-state index is 13.7. The van der Waals surface area contributed by atoms with Crippen molar-refractivity contribution in [2.75, 3.05) is 14.1 Å². The van der Waals surface area contributed by atoms with Gasteiger partial charge in [-0.1, -0.05) is 6.07 Å². The molecule has 2 saturated carbocycles. The predicted molar refractivity (Wildman–Crippen MR) is 114 cm³/mol. The number of hydrogen-bond acceptors (Lipinski definition) is 9. The Morgan fingerprint density at radius 2 is 1.85 bits per heavy atom. The summed E-state index contributed by atoms with van der Waals surface area (Å²) in [5, 5.41) is 22.1. The van der Waals surface area contributed by atoms with Crippen molar-refractivity contribution in [2.24, 2.45) is 35.1 Å². The topological polar surface area (TPSA) is 181 Å². The molecule has 2 fully saturated rings. The van der Waals surface area contributed by atoms with E-state index in [1.54, 1.807) is 27.1 Å². The van der Waals surface area contributed by atoms with Crippen LogP contribution in [0.5, 0.6) is 5.75 Å². The normalized spacial score (nSPS) is 33.6. The van der Waals surface area contributed by atoms with E-state index in [9.17, 15) is 34.2 Å². The molecule has 10 heteroatoms. The van der Waals surface area contributed by atoms with Gasteiger partial charge in [-0.3, -0.25) is 28.9 Å². The second-order valence-corrected chi connectivity index (χ2v) is 9.55. The monoisotopic (exact) mass is 457 g/mol. The molecule has 3 aliphatic rings. The van der Waals surface area contributed by atoms with Gasteiger partial charge >= 0.3 is 0 Å². The molecule has 176 valence electrons. The van der Waals surface area contributed by atoms with Crippen LogP contribution in [0.4, 0.5) is 0 Å². The minimum absolute atomic E-state index is 0.0164. The Morgan fingerprint density at radius 3 is 2.39 bits per heavy atom. The molecule has 0 heterocycles. The third kappa shape index (κ3) is 2.94. The molecule has 1 aromatic rings. The van der Waals surface area contributed by atoms with Crippen molar-refractivity contribution in [3.8, 4) is 5.75 Å². The molecule has 0 spiro atoms. The van der Waals surface area contributed by atoms with E-state index in [1.165, 1.54) is 4.90 Å². The minimum Gasteiger partial charge on any atom is -0.507 e. The summed E-state index contributed by atoms with van der Waals surface area (Å²) in [4.78, 5) is 66.8. The molecule has 4 rings (SSSR count). The van der Waals surface area contributed by atoms with Gasteiger partial charge in [0.05, 0.1) is 17.5 Å². The molecule has 0 aromatic heterocycles. The molecule has 2 unspecified atom stereocenters. The van der Waals surface area contributed by atoms with Crippen LogP contribution >= 0.6 is 0 Å². The van der Waals surface area contributed by atoms with E-state index in [0.717, 1.165) is 0 Å². The molecule has 6 atom stereocenters. The van der Waals surface area contributed by atoms with E-state index in [0.29, 0.717) is 16.7 Å². The van der Waals surface area contributed by atoms with E-state index < -0.39 is 64.4 Å². The lowest BCUT2D eigenvalue weighted by molar-refractivity contribution is -0.181. The average Bonchev–Trinajstić information content (AvgIpc) is 2.72. The maximum Gasteiger partial charge on any atom is 0.235 e. The Labute approximate surface area is 189 Å². The molecule has 0 radical (unpaired) electrons. The van der Waals surface area contributed by atoms with Crippen LogP contribution in [0.2, 0.25) is 0 Å². The van der Waals surface area contributed by atoms with Gasteiger partial charge in [0.2, 0.25) is 5.91 Å². The largest absolute Gasteiger partial charge is 0.507 e. The summed E-state index contributed by atoms with van der Waals surface area (Å²) in [6.45, 7) is 1.73. The Bertz CT molecular complexity index is 1130. The number of likely N-dealkylation sites (N-methyl/N-ethyl adjacent to an activating group) is 1. The smallest absolute Gasteiger partial charge is 0.235 e. The number of nitrogens with two attached hydrogens (primary N) is 2. The predicted octanol–water partition coefficient (Wildman–Crippen LogP) is -1.37. The van der Waals surface area contributed by atoms with Crippen molar-refractivity contribution in [3.05, 3.63) is 28.3 Å². The van der Waals surface area contributed by atoms with Crippen molar-refractivity contribution in [3.63, 3.8) is 0 Å². The molecule has 0 bridgehead atoms. The maximum absolute atomic E-state index is 13.7. The van der Waals surface area contributed by atoms with Gasteiger partial charge in [-0.05, 0) is 56.5 Å². The molecular formula is C23H27N3O7. The van der Waals surface area contributed by atoms with Crippen LogP contribution < -0.4 is 11.5 Å². The van der Waals surface area contributed by atoms with Gasteiger partial charge in [-0.25, -0.2) is 0 Å². The number of aromatic hydroxyl groups is 1. The quantitative estimate of drug-likeness (QED) is 0.398. The first-order valence-electron chi connectivity index (χ1n) is 10.8. The second kappa shape index (κ2) is 7.54. The van der Waals surface area contributed by atoms with Crippen molar-refractivity contribution >= 4 is 29.0 Å². The number of aliphatic hydroxyl groups is 1. The number of fused-ring (bicyclic) bond motifs is 3. The van der Waals surface area contributed by atoms with E-state index in [1.807, 2.05) is 0 Å². The van der Waals surface area contributed by atoms with Gasteiger partial charge in [0, 0.05) is 12.5 Å². The molecule has 33 heavy (non-hydrogen) atoms. The second-order valence-electron chi connectivity index (χ2n) is 9.55. The zero-order chi connectivity index (χ0) is 24.6. The molecule has 0 aliphatic heterocycles. The number of amides is 1. The first-order chi connectivity index (χ1) is 15.4. The Kier molecular flexibility index (Phi) is 5.31. The van der Waals surface area contributed by atoms with Gasteiger partial charge < -0.3 is 21.7 Å². The number of Topliss-reactive ketones (excluding diaryl/α,β-unsaturated/α-hetero) is 4. The lowest BCUT2D eigenvalue weighted by Crippen LogP contribution is -2.74. The Hall–Kier alpha value is -2.95. The molecule has 0 saturated heterocycles. The number of primary amides is 1. The Morgan fingerprint density at radius 1 is 1.21 bits per heavy atom. The first kappa shape index (κ1) is 23.2. The summed E-state index contributed by atoms with van der Waals surface area (Å²) >= 11 is 0. The zero-order valence-electron chi connectivity index (χ0n) is 18.6. The highest BCUT2D eigenvalue weighted by molar-refractivity contribution is 6.32. The third-order valence-electron chi connectivity index (χ3n) is 7.56. The van der Waals surface area contributed by atoms with Crippen molar-refractivity contribution in [1.82, 2.24) is 4.90 Å². The van der Waals surface area contributed by atoms with Crippen LogP contribution in [-0.4, -0.2) is 69.9 Å². The molecule has 1 amide bonds. The lowest BCUT2D eigenvalue weighted by atomic mass is 9.52. The van der Waals surface area contributed by atoms with Crippen LogP contribution in [0.15, 0.2) is 6.07 Å².